The van der Waals surface area contributed by atoms with Crippen LogP contribution in [0.4, 0.5) is 10.1 Å². The zero-order valence-corrected chi connectivity index (χ0v) is 18.1. The number of benzene rings is 3. The number of hydrogen-bond acceptors (Lipinski definition) is 4. The number of amides is 1. The van der Waals surface area contributed by atoms with E-state index in [9.17, 15) is 9.18 Å². The van der Waals surface area contributed by atoms with E-state index >= 15 is 0 Å². The molecule has 1 fully saturated rings. The number of hydrogen-bond donors (Lipinski definition) is 1. The number of anilines is 1. The highest BCUT2D eigenvalue weighted by Gasteiger charge is 2.30. The minimum Gasteiger partial charge on any atom is -0.322 e. The van der Waals surface area contributed by atoms with Gasteiger partial charge in [-0.25, -0.2) is 4.39 Å². The fourth-order valence-corrected chi connectivity index (χ4v) is 4.45. The second-order valence-electron chi connectivity index (χ2n) is 7.69. The van der Waals surface area contributed by atoms with Gasteiger partial charge >= 0.3 is 0 Å². The van der Waals surface area contributed by atoms with Crippen molar-refractivity contribution >= 4 is 23.4 Å². The van der Waals surface area contributed by atoms with E-state index in [2.05, 4.69) is 20.1 Å². The summed E-state index contributed by atoms with van der Waals surface area (Å²) < 4.78 is 16.4. The summed E-state index contributed by atoms with van der Waals surface area (Å²) in [6, 6.07) is 23.9. The van der Waals surface area contributed by atoms with Gasteiger partial charge in [0, 0.05) is 23.0 Å². The summed E-state index contributed by atoms with van der Waals surface area (Å²) in [5.41, 5.74) is 2.92. The molecule has 4 aromatic rings. The number of rotatable bonds is 7. The van der Waals surface area contributed by atoms with Crippen molar-refractivity contribution in [1.29, 1.82) is 0 Å². The zero-order chi connectivity index (χ0) is 21.9. The van der Waals surface area contributed by atoms with Crippen molar-refractivity contribution in [2.45, 2.75) is 29.8 Å². The first-order valence-electron chi connectivity index (χ1n) is 10.5. The molecule has 0 atom stereocenters. The van der Waals surface area contributed by atoms with Crippen molar-refractivity contribution in [2.75, 3.05) is 5.32 Å². The fourth-order valence-electron chi connectivity index (χ4n) is 3.49. The maximum atomic E-state index is 14.3. The second kappa shape index (κ2) is 8.96. The van der Waals surface area contributed by atoms with Crippen LogP contribution < -0.4 is 5.32 Å². The van der Waals surface area contributed by atoms with Crippen molar-refractivity contribution < 1.29 is 9.18 Å². The molecule has 1 aliphatic rings. The van der Waals surface area contributed by atoms with E-state index in [-0.39, 0.29) is 11.7 Å². The van der Waals surface area contributed by atoms with Gasteiger partial charge in [0.2, 0.25) is 0 Å². The number of halogens is 1. The molecule has 1 aromatic heterocycles. The molecule has 1 amide bonds. The summed E-state index contributed by atoms with van der Waals surface area (Å²) in [5.74, 6) is 0.838. The Morgan fingerprint density at radius 2 is 1.69 bits per heavy atom. The first-order chi connectivity index (χ1) is 15.7. The second-order valence-corrected chi connectivity index (χ2v) is 8.64. The lowest BCUT2D eigenvalue weighted by Gasteiger charge is -2.10. The summed E-state index contributed by atoms with van der Waals surface area (Å²) in [7, 11) is 0. The van der Waals surface area contributed by atoms with Gasteiger partial charge in [0.15, 0.2) is 11.0 Å². The highest BCUT2D eigenvalue weighted by molar-refractivity contribution is 7.98. The van der Waals surface area contributed by atoms with Gasteiger partial charge in [0.05, 0.1) is 5.56 Å². The molecule has 0 saturated heterocycles. The maximum Gasteiger partial charge on any atom is 0.255 e. The van der Waals surface area contributed by atoms with Crippen molar-refractivity contribution in [1.82, 2.24) is 14.8 Å². The molecule has 3 aromatic carbocycles. The van der Waals surface area contributed by atoms with Gasteiger partial charge in [0.25, 0.3) is 5.91 Å². The maximum absolute atomic E-state index is 14.3. The molecule has 0 radical (unpaired) electrons. The third kappa shape index (κ3) is 4.43. The van der Waals surface area contributed by atoms with Gasteiger partial charge in [-0.05, 0) is 54.8 Å². The molecule has 0 bridgehead atoms. The van der Waals surface area contributed by atoms with Crippen LogP contribution in [-0.4, -0.2) is 20.7 Å². The molecule has 1 aliphatic carbocycles. The summed E-state index contributed by atoms with van der Waals surface area (Å²) in [6.07, 6.45) is 2.11. The summed E-state index contributed by atoms with van der Waals surface area (Å²) >= 11 is 1.57. The monoisotopic (exact) mass is 444 g/mol. The molecule has 1 saturated carbocycles. The Morgan fingerprint density at radius 3 is 2.41 bits per heavy atom. The zero-order valence-electron chi connectivity index (χ0n) is 17.2. The minimum atomic E-state index is -0.289. The first kappa shape index (κ1) is 20.5. The minimum absolute atomic E-state index is 0.140. The summed E-state index contributed by atoms with van der Waals surface area (Å²) in [4.78, 5) is 12.4. The van der Waals surface area contributed by atoms with Gasteiger partial charge in [-0.2, -0.15) is 0 Å². The largest absolute Gasteiger partial charge is 0.322 e. The summed E-state index contributed by atoms with van der Waals surface area (Å²) in [6.45, 7) is 0. The number of aromatic nitrogens is 3. The molecular formula is C25H21FN4OS. The van der Waals surface area contributed by atoms with E-state index in [0.717, 1.165) is 29.2 Å². The van der Waals surface area contributed by atoms with Gasteiger partial charge in [-0.1, -0.05) is 54.2 Å². The highest BCUT2D eigenvalue weighted by Crippen LogP contribution is 2.41. The average Bonchev–Trinajstić information content (AvgIpc) is 3.58. The van der Waals surface area contributed by atoms with Gasteiger partial charge in [-0.3, -0.25) is 9.36 Å². The SMILES string of the molecule is O=C(Nc1ccccc1)c1ccc(CSc2nnc(-c3ccccc3F)n2C2CC2)cc1. The van der Waals surface area contributed by atoms with Crippen LogP contribution in [0.25, 0.3) is 11.4 Å². The quantitative estimate of drug-likeness (QED) is 0.357. The van der Waals surface area contributed by atoms with Gasteiger partial charge < -0.3 is 5.32 Å². The smallest absolute Gasteiger partial charge is 0.255 e. The number of carbonyl (C=O) groups is 1. The average molecular weight is 445 g/mol. The van der Waals surface area contributed by atoms with Crippen LogP contribution in [0.2, 0.25) is 0 Å². The summed E-state index contributed by atoms with van der Waals surface area (Å²) in [5, 5.41) is 12.3. The number of nitrogens with one attached hydrogen (secondary N) is 1. The Bertz CT molecular complexity index is 1240. The molecule has 1 N–H and O–H groups in total. The molecule has 1 heterocycles. The molecular weight excluding hydrogens is 423 g/mol. The lowest BCUT2D eigenvalue weighted by molar-refractivity contribution is 0.102. The predicted molar refractivity (Wildman–Crippen MR) is 124 cm³/mol. The van der Waals surface area contributed by atoms with Crippen LogP contribution >= 0.6 is 11.8 Å². The third-order valence-electron chi connectivity index (χ3n) is 5.31. The molecule has 5 nitrogen and oxygen atoms in total. The van der Waals surface area contributed by atoms with E-state index in [4.69, 9.17) is 0 Å². The van der Waals surface area contributed by atoms with E-state index in [1.165, 1.54) is 6.07 Å². The molecule has 5 rings (SSSR count). The van der Waals surface area contributed by atoms with Crippen molar-refractivity contribution in [3.63, 3.8) is 0 Å². The topological polar surface area (TPSA) is 59.8 Å². The Balaban J connectivity index is 1.28. The third-order valence-corrected chi connectivity index (χ3v) is 6.32. The Hall–Kier alpha value is -3.45. The van der Waals surface area contributed by atoms with Crippen LogP contribution in [0.15, 0.2) is 84.0 Å². The van der Waals surface area contributed by atoms with Crippen molar-refractivity contribution in [3.05, 3.63) is 95.8 Å². The van der Waals surface area contributed by atoms with E-state index in [0.29, 0.717) is 28.7 Å². The number of carbonyl (C=O) groups excluding carboxylic acids is 1. The van der Waals surface area contributed by atoms with Crippen LogP contribution in [0.3, 0.4) is 0 Å². The fraction of sp³-hybridized carbons (Fsp3) is 0.160. The predicted octanol–water partition coefficient (Wildman–Crippen LogP) is 5.96. The standard InChI is InChI=1S/C25H21FN4OS/c26-22-9-5-4-8-21(22)23-28-29-25(30(23)20-14-15-20)32-16-17-10-12-18(13-11-17)24(31)27-19-6-2-1-3-7-19/h1-13,20H,14-16H2,(H,27,31). The molecule has 0 spiro atoms. The van der Waals surface area contributed by atoms with Gasteiger partial charge in [0.1, 0.15) is 5.82 Å². The molecule has 7 heteroatoms. The van der Waals surface area contributed by atoms with E-state index in [1.54, 1.807) is 23.9 Å². The Morgan fingerprint density at radius 1 is 0.969 bits per heavy atom. The van der Waals surface area contributed by atoms with E-state index in [1.807, 2.05) is 60.7 Å². The van der Waals surface area contributed by atoms with Crippen LogP contribution in [0.5, 0.6) is 0 Å². The van der Waals surface area contributed by atoms with Gasteiger partial charge in [-0.15, -0.1) is 10.2 Å². The van der Waals surface area contributed by atoms with Crippen molar-refractivity contribution in [2.24, 2.45) is 0 Å². The Kier molecular flexibility index (Phi) is 5.73. The molecule has 0 unspecified atom stereocenters. The Labute approximate surface area is 189 Å². The first-order valence-corrected chi connectivity index (χ1v) is 11.5. The normalized spacial score (nSPS) is 13.2. The number of thioether (sulfide) groups is 1. The van der Waals surface area contributed by atoms with Crippen molar-refractivity contribution in [3.8, 4) is 11.4 Å². The highest BCUT2D eigenvalue weighted by atomic mass is 32.2. The van der Waals surface area contributed by atoms with Crippen LogP contribution in [0, 0.1) is 5.82 Å². The number of para-hydroxylation sites is 1. The van der Waals surface area contributed by atoms with Crippen LogP contribution in [0.1, 0.15) is 34.8 Å². The lowest BCUT2D eigenvalue weighted by Crippen LogP contribution is -2.11. The van der Waals surface area contributed by atoms with E-state index < -0.39 is 0 Å². The molecule has 32 heavy (non-hydrogen) atoms. The number of nitrogens with zero attached hydrogens (tertiary/aromatic N) is 3. The lowest BCUT2D eigenvalue weighted by atomic mass is 10.1. The molecule has 0 aliphatic heterocycles. The van der Waals surface area contributed by atoms with Crippen LogP contribution in [-0.2, 0) is 5.75 Å². The molecule has 160 valence electrons.